The monoisotopic (exact) mass is 339 g/mol. The van der Waals surface area contributed by atoms with E-state index in [1.807, 2.05) is 4.68 Å². The molecule has 2 aromatic heterocycles. The first kappa shape index (κ1) is 15.1. The SMILES string of the molecule is CCNC(c1cnccn1)c1c(Br)cnn1CCOC. The summed E-state index contributed by atoms with van der Waals surface area (Å²) in [4.78, 5) is 8.55. The van der Waals surface area contributed by atoms with E-state index in [-0.39, 0.29) is 6.04 Å². The molecule has 0 amide bonds. The van der Waals surface area contributed by atoms with Gasteiger partial charge in [-0.25, -0.2) is 0 Å². The van der Waals surface area contributed by atoms with Crippen LogP contribution in [0.5, 0.6) is 0 Å². The fourth-order valence-corrected chi connectivity index (χ4v) is 2.55. The molecule has 0 aromatic carbocycles. The lowest BCUT2D eigenvalue weighted by Crippen LogP contribution is -2.26. The summed E-state index contributed by atoms with van der Waals surface area (Å²) in [5.41, 5.74) is 1.90. The van der Waals surface area contributed by atoms with Crippen LogP contribution < -0.4 is 5.32 Å². The molecule has 2 heterocycles. The second-order valence-corrected chi connectivity index (χ2v) is 5.07. The van der Waals surface area contributed by atoms with Gasteiger partial charge in [0.25, 0.3) is 0 Å². The van der Waals surface area contributed by atoms with Crippen molar-refractivity contribution in [1.29, 1.82) is 0 Å². The third kappa shape index (κ3) is 3.41. The fourth-order valence-electron chi connectivity index (χ4n) is 2.02. The van der Waals surface area contributed by atoms with Gasteiger partial charge in [0.1, 0.15) is 0 Å². The minimum Gasteiger partial charge on any atom is -0.383 e. The van der Waals surface area contributed by atoms with E-state index in [0.717, 1.165) is 22.4 Å². The topological polar surface area (TPSA) is 64.9 Å². The van der Waals surface area contributed by atoms with E-state index in [1.54, 1.807) is 31.9 Å². The first-order valence-corrected chi connectivity index (χ1v) is 7.26. The molecule has 1 N–H and O–H groups in total. The Morgan fingerprint density at radius 3 is 2.90 bits per heavy atom. The summed E-state index contributed by atoms with van der Waals surface area (Å²) in [6.45, 7) is 4.19. The summed E-state index contributed by atoms with van der Waals surface area (Å²) >= 11 is 3.56. The number of aromatic nitrogens is 4. The molecule has 20 heavy (non-hydrogen) atoms. The Hall–Kier alpha value is -1.31. The molecule has 0 spiro atoms. The number of methoxy groups -OCH3 is 1. The Balaban J connectivity index is 2.36. The molecule has 0 fully saturated rings. The molecule has 2 rings (SSSR count). The average molecular weight is 340 g/mol. The zero-order valence-electron chi connectivity index (χ0n) is 11.6. The lowest BCUT2D eigenvalue weighted by Gasteiger charge is -2.19. The highest BCUT2D eigenvalue weighted by Crippen LogP contribution is 2.27. The number of rotatable bonds is 7. The van der Waals surface area contributed by atoms with Crippen LogP contribution in [0.25, 0.3) is 0 Å². The van der Waals surface area contributed by atoms with Gasteiger partial charge < -0.3 is 10.1 Å². The van der Waals surface area contributed by atoms with Gasteiger partial charge >= 0.3 is 0 Å². The Labute approximate surface area is 126 Å². The highest BCUT2D eigenvalue weighted by Gasteiger charge is 2.22. The first-order valence-electron chi connectivity index (χ1n) is 6.47. The molecule has 0 saturated carbocycles. The van der Waals surface area contributed by atoms with E-state index in [4.69, 9.17) is 4.74 Å². The standard InChI is InChI=1S/C13H18BrN5O/c1-3-16-12(11-9-15-4-5-17-11)13-10(14)8-18-19(13)6-7-20-2/h4-5,8-9,12,16H,3,6-7H2,1-2H3. The minimum absolute atomic E-state index is 0.0533. The lowest BCUT2D eigenvalue weighted by atomic mass is 10.1. The summed E-state index contributed by atoms with van der Waals surface area (Å²) in [6, 6.07) is -0.0533. The quantitative estimate of drug-likeness (QED) is 0.832. The molecule has 108 valence electrons. The van der Waals surface area contributed by atoms with Crippen LogP contribution in [-0.2, 0) is 11.3 Å². The van der Waals surface area contributed by atoms with Crippen LogP contribution in [0.15, 0.2) is 29.3 Å². The Kier molecular flexibility index (Phi) is 5.63. The molecule has 0 aliphatic rings. The molecule has 0 aliphatic carbocycles. The molecule has 1 unspecified atom stereocenters. The van der Waals surface area contributed by atoms with Gasteiger partial charge in [0.2, 0.25) is 0 Å². The maximum atomic E-state index is 5.13. The van der Waals surface area contributed by atoms with Crippen molar-refractivity contribution in [2.24, 2.45) is 0 Å². The van der Waals surface area contributed by atoms with Gasteiger partial charge in [0.05, 0.1) is 47.4 Å². The number of nitrogens with one attached hydrogen (secondary N) is 1. The van der Waals surface area contributed by atoms with Crippen LogP contribution in [0.4, 0.5) is 0 Å². The van der Waals surface area contributed by atoms with Crippen molar-refractivity contribution in [2.75, 3.05) is 20.3 Å². The van der Waals surface area contributed by atoms with Crippen molar-refractivity contribution in [3.63, 3.8) is 0 Å². The van der Waals surface area contributed by atoms with Crippen molar-refractivity contribution in [1.82, 2.24) is 25.1 Å². The summed E-state index contributed by atoms with van der Waals surface area (Å²) < 4.78 is 8.01. The molecule has 1 atom stereocenters. The van der Waals surface area contributed by atoms with Crippen molar-refractivity contribution in [3.05, 3.63) is 40.6 Å². The number of nitrogens with zero attached hydrogens (tertiary/aromatic N) is 4. The normalized spacial score (nSPS) is 12.6. The highest BCUT2D eigenvalue weighted by atomic mass is 79.9. The maximum Gasteiger partial charge on any atom is 0.0949 e. The van der Waals surface area contributed by atoms with Gasteiger partial charge in [-0.15, -0.1) is 0 Å². The number of hydrogen-bond acceptors (Lipinski definition) is 5. The molecule has 0 radical (unpaired) electrons. The predicted molar refractivity (Wildman–Crippen MR) is 79.4 cm³/mol. The predicted octanol–water partition coefficient (Wildman–Crippen LogP) is 1.78. The van der Waals surface area contributed by atoms with Crippen molar-refractivity contribution in [2.45, 2.75) is 19.5 Å². The Bertz CT molecular complexity index is 531. The second-order valence-electron chi connectivity index (χ2n) is 4.21. The summed E-state index contributed by atoms with van der Waals surface area (Å²) in [6.07, 6.45) is 6.94. The van der Waals surface area contributed by atoms with E-state index < -0.39 is 0 Å². The molecule has 0 aliphatic heterocycles. The summed E-state index contributed by atoms with van der Waals surface area (Å²) in [5.74, 6) is 0. The number of halogens is 1. The third-order valence-electron chi connectivity index (χ3n) is 2.90. The van der Waals surface area contributed by atoms with E-state index in [0.29, 0.717) is 13.2 Å². The van der Waals surface area contributed by atoms with Crippen LogP contribution in [-0.4, -0.2) is 40.0 Å². The Morgan fingerprint density at radius 2 is 2.25 bits per heavy atom. The van der Waals surface area contributed by atoms with Crippen LogP contribution in [0.1, 0.15) is 24.4 Å². The van der Waals surface area contributed by atoms with Gasteiger partial charge in [-0.1, -0.05) is 6.92 Å². The molecule has 7 heteroatoms. The molecular weight excluding hydrogens is 322 g/mol. The number of ether oxygens (including phenoxy) is 1. The van der Waals surface area contributed by atoms with Gasteiger partial charge in [-0.05, 0) is 22.5 Å². The summed E-state index contributed by atoms with van der Waals surface area (Å²) in [7, 11) is 1.68. The smallest absolute Gasteiger partial charge is 0.0949 e. The van der Waals surface area contributed by atoms with Gasteiger partial charge in [0.15, 0.2) is 0 Å². The molecule has 2 aromatic rings. The van der Waals surface area contributed by atoms with E-state index in [2.05, 4.69) is 43.2 Å². The van der Waals surface area contributed by atoms with Crippen molar-refractivity contribution >= 4 is 15.9 Å². The highest BCUT2D eigenvalue weighted by molar-refractivity contribution is 9.10. The molecule has 0 bridgehead atoms. The average Bonchev–Trinajstić information content (AvgIpc) is 2.84. The van der Waals surface area contributed by atoms with Crippen LogP contribution in [0.3, 0.4) is 0 Å². The van der Waals surface area contributed by atoms with E-state index in [9.17, 15) is 0 Å². The fraction of sp³-hybridized carbons (Fsp3) is 0.462. The number of hydrogen-bond donors (Lipinski definition) is 1. The summed E-state index contributed by atoms with van der Waals surface area (Å²) in [5, 5.41) is 7.81. The largest absolute Gasteiger partial charge is 0.383 e. The van der Waals surface area contributed by atoms with E-state index in [1.165, 1.54) is 0 Å². The minimum atomic E-state index is -0.0533. The zero-order chi connectivity index (χ0) is 14.4. The molecule has 0 saturated heterocycles. The first-order chi connectivity index (χ1) is 9.77. The second kappa shape index (κ2) is 7.47. The van der Waals surface area contributed by atoms with Crippen LogP contribution in [0, 0.1) is 0 Å². The van der Waals surface area contributed by atoms with Crippen LogP contribution in [0.2, 0.25) is 0 Å². The maximum absolute atomic E-state index is 5.13. The Morgan fingerprint density at radius 1 is 1.40 bits per heavy atom. The van der Waals surface area contributed by atoms with Gasteiger partial charge in [0, 0.05) is 19.5 Å². The van der Waals surface area contributed by atoms with E-state index >= 15 is 0 Å². The molecular formula is C13H18BrN5O. The zero-order valence-corrected chi connectivity index (χ0v) is 13.2. The van der Waals surface area contributed by atoms with Crippen molar-refractivity contribution < 1.29 is 4.74 Å². The lowest BCUT2D eigenvalue weighted by molar-refractivity contribution is 0.182. The van der Waals surface area contributed by atoms with Crippen LogP contribution >= 0.6 is 15.9 Å². The molecule has 6 nitrogen and oxygen atoms in total. The third-order valence-corrected chi connectivity index (χ3v) is 3.51. The van der Waals surface area contributed by atoms with Crippen molar-refractivity contribution in [3.8, 4) is 0 Å². The van der Waals surface area contributed by atoms with Gasteiger partial charge in [-0.3, -0.25) is 14.6 Å². The van der Waals surface area contributed by atoms with Gasteiger partial charge in [-0.2, -0.15) is 5.10 Å².